The van der Waals surface area contributed by atoms with Crippen LogP contribution in [0.3, 0.4) is 0 Å². The molecule has 1 aliphatic carbocycles. The molecule has 3 heterocycles. The number of fused-ring (bicyclic) bond motifs is 1. The summed E-state index contributed by atoms with van der Waals surface area (Å²) in [6.45, 7) is 3.13. The molecule has 4 rings (SSSR count). The second-order valence-corrected chi connectivity index (χ2v) is 7.34. The van der Waals surface area contributed by atoms with E-state index in [1.165, 1.54) is 6.92 Å². The molecule has 0 saturated heterocycles. The van der Waals surface area contributed by atoms with Gasteiger partial charge in [-0.25, -0.2) is 4.98 Å². The molecule has 12 nitrogen and oxygen atoms in total. The van der Waals surface area contributed by atoms with Gasteiger partial charge in [0.1, 0.15) is 12.4 Å². The number of methoxy groups -OCH3 is 2. The molecule has 1 fully saturated rings. The summed E-state index contributed by atoms with van der Waals surface area (Å²) in [7, 11) is 3.21. The molecule has 0 bridgehead atoms. The molecule has 12 heteroatoms. The van der Waals surface area contributed by atoms with E-state index >= 15 is 0 Å². The molecule has 0 unspecified atom stereocenters. The molecule has 3 aromatic rings. The van der Waals surface area contributed by atoms with E-state index in [0.29, 0.717) is 50.0 Å². The summed E-state index contributed by atoms with van der Waals surface area (Å²) in [5.74, 6) is 1.24. The van der Waals surface area contributed by atoms with Crippen LogP contribution >= 0.6 is 0 Å². The Hall–Kier alpha value is -3.38. The lowest BCUT2D eigenvalue weighted by Gasteiger charge is -2.10. The van der Waals surface area contributed by atoms with Crippen LogP contribution in [-0.4, -0.2) is 76.2 Å². The van der Waals surface area contributed by atoms with Gasteiger partial charge in [-0.1, -0.05) is 0 Å². The Balaban J connectivity index is 1.77. The van der Waals surface area contributed by atoms with Crippen LogP contribution in [0.2, 0.25) is 0 Å². The van der Waals surface area contributed by atoms with Crippen LogP contribution in [0.25, 0.3) is 16.9 Å². The summed E-state index contributed by atoms with van der Waals surface area (Å²) in [5, 5.41) is 11.5. The van der Waals surface area contributed by atoms with Crippen LogP contribution in [0.1, 0.15) is 31.4 Å². The Bertz CT molecular complexity index is 1070. The predicted octanol–water partition coefficient (Wildman–Crippen LogP) is 1.52. The van der Waals surface area contributed by atoms with Crippen LogP contribution in [0.5, 0.6) is 6.01 Å². The van der Waals surface area contributed by atoms with Crippen molar-refractivity contribution >= 4 is 28.6 Å². The van der Waals surface area contributed by atoms with Crippen LogP contribution in [0.15, 0.2) is 12.3 Å². The van der Waals surface area contributed by atoms with E-state index in [2.05, 4.69) is 30.6 Å². The largest absolute Gasteiger partial charge is 0.461 e. The highest BCUT2D eigenvalue weighted by atomic mass is 16.5. The zero-order chi connectivity index (χ0) is 22.5. The average molecular weight is 442 g/mol. The maximum absolute atomic E-state index is 11.5. The standard InChI is InChI=1S/C20H26N8O4/c1-12(29)23-16-10-15-14(11-22-16)17(13-4-5-13)27-28(15)19-24-18(21-6-7-30-2)25-20(26-19)32-9-8-31-3/h10-11,13H,4-9H2,1-3H3,(H,22,23,29)(H,21,24,25,26). The summed E-state index contributed by atoms with van der Waals surface area (Å²) in [6.07, 6.45) is 3.88. The summed E-state index contributed by atoms with van der Waals surface area (Å²) in [6, 6.07) is 1.92. The number of carbonyl (C=O) groups is 1. The monoisotopic (exact) mass is 442 g/mol. The van der Waals surface area contributed by atoms with Gasteiger partial charge < -0.3 is 24.8 Å². The molecule has 1 saturated carbocycles. The van der Waals surface area contributed by atoms with E-state index < -0.39 is 0 Å². The lowest BCUT2D eigenvalue weighted by Crippen LogP contribution is -2.15. The zero-order valence-electron chi connectivity index (χ0n) is 18.3. The summed E-state index contributed by atoms with van der Waals surface area (Å²) >= 11 is 0. The fourth-order valence-corrected chi connectivity index (χ4v) is 3.16. The molecule has 0 aromatic carbocycles. The Labute approximate surface area is 184 Å². The maximum atomic E-state index is 11.5. The first-order chi connectivity index (χ1) is 15.6. The average Bonchev–Trinajstić information content (AvgIpc) is 3.54. The molecule has 2 N–H and O–H groups in total. The third-order valence-corrected chi connectivity index (χ3v) is 4.76. The molecule has 0 atom stereocenters. The fraction of sp³-hybridized carbons (Fsp3) is 0.500. The third kappa shape index (κ3) is 5.08. The van der Waals surface area contributed by atoms with Gasteiger partial charge in [0.05, 0.1) is 24.4 Å². The second kappa shape index (κ2) is 9.83. The first kappa shape index (κ1) is 21.8. The molecule has 32 heavy (non-hydrogen) atoms. The van der Waals surface area contributed by atoms with Crippen molar-refractivity contribution in [3.63, 3.8) is 0 Å². The van der Waals surface area contributed by atoms with Gasteiger partial charge in [-0.3, -0.25) is 4.79 Å². The van der Waals surface area contributed by atoms with Gasteiger partial charge in [0.15, 0.2) is 0 Å². The van der Waals surface area contributed by atoms with Crippen molar-refractivity contribution in [1.82, 2.24) is 29.7 Å². The fourth-order valence-electron chi connectivity index (χ4n) is 3.16. The number of nitrogens with one attached hydrogen (secondary N) is 2. The molecule has 1 amide bonds. The van der Waals surface area contributed by atoms with Crippen molar-refractivity contribution in [2.75, 3.05) is 51.2 Å². The van der Waals surface area contributed by atoms with Gasteiger partial charge in [-0.05, 0) is 12.8 Å². The van der Waals surface area contributed by atoms with Crippen LogP contribution in [0, 0.1) is 0 Å². The Kier molecular flexibility index (Phi) is 6.71. The lowest BCUT2D eigenvalue weighted by molar-refractivity contribution is -0.114. The maximum Gasteiger partial charge on any atom is 0.323 e. The zero-order valence-corrected chi connectivity index (χ0v) is 18.3. The molecule has 0 aliphatic heterocycles. The molecule has 1 aliphatic rings. The number of nitrogens with zero attached hydrogens (tertiary/aromatic N) is 6. The number of hydrogen-bond donors (Lipinski definition) is 2. The topological polar surface area (TPSA) is 138 Å². The molecular weight excluding hydrogens is 416 g/mol. The highest BCUT2D eigenvalue weighted by Crippen LogP contribution is 2.42. The van der Waals surface area contributed by atoms with Gasteiger partial charge in [0, 0.05) is 51.3 Å². The smallest absolute Gasteiger partial charge is 0.323 e. The predicted molar refractivity (Wildman–Crippen MR) is 116 cm³/mol. The van der Waals surface area contributed by atoms with Gasteiger partial charge in [0.2, 0.25) is 11.9 Å². The normalized spacial score (nSPS) is 13.3. The van der Waals surface area contributed by atoms with E-state index in [-0.39, 0.29) is 11.9 Å². The molecular formula is C20H26N8O4. The van der Waals surface area contributed by atoms with E-state index in [0.717, 1.165) is 29.4 Å². The Morgan fingerprint density at radius 3 is 2.69 bits per heavy atom. The lowest BCUT2D eigenvalue weighted by atomic mass is 10.2. The summed E-state index contributed by atoms with van der Waals surface area (Å²) in [5.41, 5.74) is 1.68. The number of ether oxygens (including phenoxy) is 3. The van der Waals surface area contributed by atoms with Crippen molar-refractivity contribution in [2.24, 2.45) is 0 Å². The van der Waals surface area contributed by atoms with Crippen LogP contribution in [-0.2, 0) is 14.3 Å². The van der Waals surface area contributed by atoms with E-state index in [4.69, 9.17) is 19.3 Å². The SMILES string of the molecule is COCCNc1nc(OCCOC)nc(-n2nc(C3CC3)c3cnc(NC(C)=O)cc32)n1. The minimum absolute atomic E-state index is 0.153. The quantitative estimate of drug-likeness (QED) is 0.420. The number of aromatic nitrogens is 6. The summed E-state index contributed by atoms with van der Waals surface area (Å²) < 4.78 is 17.4. The van der Waals surface area contributed by atoms with Gasteiger partial charge >= 0.3 is 6.01 Å². The highest BCUT2D eigenvalue weighted by molar-refractivity contribution is 5.91. The number of pyridine rings is 1. The number of hydrogen-bond acceptors (Lipinski definition) is 10. The van der Waals surface area contributed by atoms with Gasteiger partial charge in [-0.15, -0.1) is 0 Å². The van der Waals surface area contributed by atoms with E-state index in [1.807, 2.05) is 0 Å². The van der Waals surface area contributed by atoms with Gasteiger partial charge in [-0.2, -0.15) is 24.7 Å². The molecule has 0 radical (unpaired) electrons. The van der Waals surface area contributed by atoms with Crippen molar-refractivity contribution in [3.05, 3.63) is 18.0 Å². The highest BCUT2D eigenvalue weighted by Gasteiger charge is 2.30. The number of amides is 1. The first-order valence-electron chi connectivity index (χ1n) is 10.4. The van der Waals surface area contributed by atoms with Crippen molar-refractivity contribution in [1.29, 1.82) is 0 Å². The summed E-state index contributed by atoms with van der Waals surface area (Å²) in [4.78, 5) is 29.2. The minimum Gasteiger partial charge on any atom is -0.461 e. The third-order valence-electron chi connectivity index (χ3n) is 4.76. The van der Waals surface area contributed by atoms with Crippen LogP contribution in [0.4, 0.5) is 11.8 Å². The molecule has 170 valence electrons. The molecule has 0 spiro atoms. The number of anilines is 2. The van der Waals surface area contributed by atoms with E-state index in [1.54, 1.807) is 31.2 Å². The van der Waals surface area contributed by atoms with Crippen molar-refractivity contribution in [3.8, 4) is 12.0 Å². The van der Waals surface area contributed by atoms with Crippen LogP contribution < -0.4 is 15.4 Å². The first-order valence-corrected chi connectivity index (χ1v) is 10.4. The van der Waals surface area contributed by atoms with Gasteiger partial charge in [0.25, 0.3) is 5.95 Å². The van der Waals surface area contributed by atoms with Crippen molar-refractivity contribution < 1.29 is 19.0 Å². The van der Waals surface area contributed by atoms with Crippen molar-refractivity contribution in [2.45, 2.75) is 25.7 Å². The molecule has 3 aromatic heterocycles. The Morgan fingerprint density at radius 1 is 1.16 bits per heavy atom. The Morgan fingerprint density at radius 2 is 1.97 bits per heavy atom. The second-order valence-electron chi connectivity index (χ2n) is 7.34. The van der Waals surface area contributed by atoms with E-state index in [9.17, 15) is 4.79 Å². The number of carbonyl (C=O) groups excluding carboxylic acids is 1. The minimum atomic E-state index is -0.205. The number of rotatable bonds is 11.